The molecule has 0 unspecified atom stereocenters. The van der Waals surface area contributed by atoms with Gasteiger partial charge in [0, 0.05) is 18.5 Å². The summed E-state index contributed by atoms with van der Waals surface area (Å²) < 4.78 is 26.8. The van der Waals surface area contributed by atoms with E-state index in [4.69, 9.17) is 5.73 Å². The molecule has 21 heavy (non-hydrogen) atoms. The lowest BCUT2D eigenvalue weighted by Crippen LogP contribution is -2.30. The summed E-state index contributed by atoms with van der Waals surface area (Å²) >= 11 is 1.63. The van der Waals surface area contributed by atoms with Gasteiger partial charge in [0.25, 0.3) is 0 Å². The molecule has 0 amide bonds. The fraction of sp³-hybridized carbons (Fsp3) is 0.333. The van der Waals surface area contributed by atoms with E-state index in [2.05, 4.69) is 0 Å². The van der Waals surface area contributed by atoms with Gasteiger partial charge in [-0.05, 0) is 42.8 Å². The van der Waals surface area contributed by atoms with Crippen LogP contribution in [0.2, 0.25) is 0 Å². The Morgan fingerprint density at radius 2 is 1.86 bits per heavy atom. The van der Waals surface area contributed by atoms with Crippen LogP contribution in [0.4, 0.5) is 5.69 Å². The zero-order chi connectivity index (χ0) is 15.6. The van der Waals surface area contributed by atoms with Crippen LogP contribution in [-0.2, 0) is 16.4 Å². The third-order valence-corrected chi connectivity index (χ3v) is 6.53. The Bertz CT molecular complexity index is 722. The highest BCUT2D eigenvalue weighted by Crippen LogP contribution is 2.28. The molecule has 1 aromatic heterocycles. The standard InChI is InChI=1S/C15H20N2O2S2/c1-11-6-7-12(2)15(14(11)16)21(18,19)17(3)9-8-13-5-4-10-20-13/h4-7,10H,8-9,16H2,1-3H3. The van der Waals surface area contributed by atoms with Crippen molar-refractivity contribution in [3.05, 3.63) is 45.6 Å². The number of benzene rings is 1. The largest absolute Gasteiger partial charge is 0.397 e. The first kappa shape index (κ1) is 16.0. The second kappa shape index (κ2) is 6.17. The van der Waals surface area contributed by atoms with Crippen LogP contribution >= 0.6 is 11.3 Å². The van der Waals surface area contributed by atoms with Gasteiger partial charge in [-0.2, -0.15) is 0 Å². The molecule has 0 radical (unpaired) electrons. The third kappa shape index (κ3) is 3.28. The van der Waals surface area contributed by atoms with Gasteiger partial charge >= 0.3 is 0 Å². The lowest BCUT2D eigenvalue weighted by Gasteiger charge is -2.20. The smallest absolute Gasteiger partial charge is 0.245 e. The van der Waals surface area contributed by atoms with Crippen LogP contribution in [-0.4, -0.2) is 26.3 Å². The first-order valence-corrected chi connectivity index (χ1v) is 9.00. The van der Waals surface area contributed by atoms with Gasteiger partial charge < -0.3 is 5.73 Å². The third-order valence-electron chi connectivity index (χ3n) is 3.53. The van der Waals surface area contributed by atoms with Crippen molar-refractivity contribution in [3.8, 4) is 0 Å². The fourth-order valence-corrected chi connectivity index (χ4v) is 4.40. The van der Waals surface area contributed by atoms with Gasteiger partial charge in [0.15, 0.2) is 0 Å². The summed E-state index contributed by atoms with van der Waals surface area (Å²) in [5.74, 6) is 0. The Labute approximate surface area is 130 Å². The van der Waals surface area contributed by atoms with Gasteiger partial charge in [0.1, 0.15) is 4.90 Å². The molecule has 0 aliphatic heterocycles. The van der Waals surface area contributed by atoms with E-state index >= 15 is 0 Å². The monoisotopic (exact) mass is 324 g/mol. The van der Waals surface area contributed by atoms with Gasteiger partial charge in [-0.15, -0.1) is 11.3 Å². The molecule has 1 aromatic carbocycles. The average molecular weight is 324 g/mol. The van der Waals surface area contributed by atoms with Crippen LogP contribution in [0.3, 0.4) is 0 Å². The number of nitrogens with two attached hydrogens (primary N) is 1. The van der Waals surface area contributed by atoms with E-state index in [0.717, 1.165) is 5.56 Å². The maximum Gasteiger partial charge on any atom is 0.245 e. The van der Waals surface area contributed by atoms with Crippen molar-refractivity contribution in [2.75, 3.05) is 19.3 Å². The summed E-state index contributed by atoms with van der Waals surface area (Å²) in [6, 6.07) is 7.62. The number of thiophene rings is 1. The number of nitrogen functional groups attached to an aromatic ring is 1. The van der Waals surface area contributed by atoms with Crippen LogP contribution in [0, 0.1) is 13.8 Å². The molecule has 0 atom stereocenters. The van der Waals surface area contributed by atoms with Crippen molar-refractivity contribution in [3.63, 3.8) is 0 Å². The zero-order valence-electron chi connectivity index (χ0n) is 12.5. The van der Waals surface area contributed by atoms with Gasteiger partial charge in [0.2, 0.25) is 10.0 Å². The molecular formula is C15H20N2O2S2. The maximum atomic E-state index is 12.7. The average Bonchev–Trinajstić information content (AvgIpc) is 2.93. The highest BCUT2D eigenvalue weighted by atomic mass is 32.2. The van der Waals surface area contributed by atoms with Gasteiger partial charge in [-0.3, -0.25) is 0 Å². The number of aryl methyl sites for hydroxylation is 2. The van der Waals surface area contributed by atoms with Crippen LogP contribution in [0.1, 0.15) is 16.0 Å². The quantitative estimate of drug-likeness (QED) is 0.860. The molecule has 6 heteroatoms. The number of likely N-dealkylation sites (N-methyl/N-ethyl adjacent to an activating group) is 1. The number of sulfonamides is 1. The molecule has 4 nitrogen and oxygen atoms in total. The Balaban J connectivity index is 2.27. The van der Waals surface area contributed by atoms with E-state index in [1.807, 2.05) is 30.5 Å². The summed E-state index contributed by atoms with van der Waals surface area (Å²) in [6.45, 7) is 4.03. The van der Waals surface area contributed by atoms with Crippen molar-refractivity contribution in [2.24, 2.45) is 0 Å². The summed E-state index contributed by atoms with van der Waals surface area (Å²) in [4.78, 5) is 1.40. The minimum atomic E-state index is -3.56. The molecule has 0 bridgehead atoms. The van der Waals surface area contributed by atoms with Crippen LogP contribution in [0.15, 0.2) is 34.5 Å². The van der Waals surface area contributed by atoms with Crippen molar-refractivity contribution < 1.29 is 8.42 Å². The highest BCUT2D eigenvalue weighted by molar-refractivity contribution is 7.89. The Morgan fingerprint density at radius 3 is 2.48 bits per heavy atom. The Morgan fingerprint density at radius 1 is 1.19 bits per heavy atom. The predicted molar refractivity (Wildman–Crippen MR) is 88.2 cm³/mol. The highest BCUT2D eigenvalue weighted by Gasteiger charge is 2.25. The van der Waals surface area contributed by atoms with E-state index in [1.54, 1.807) is 31.4 Å². The minimum Gasteiger partial charge on any atom is -0.397 e. The fourth-order valence-electron chi connectivity index (χ4n) is 2.15. The second-order valence-electron chi connectivity index (χ2n) is 5.10. The summed E-state index contributed by atoms with van der Waals surface area (Å²) in [5.41, 5.74) is 7.80. The maximum absolute atomic E-state index is 12.7. The molecule has 0 aliphatic rings. The van der Waals surface area contributed by atoms with Gasteiger partial charge in [0.05, 0.1) is 5.69 Å². The van der Waals surface area contributed by atoms with Crippen molar-refractivity contribution in [1.29, 1.82) is 0 Å². The SMILES string of the molecule is Cc1ccc(C)c(S(=O)(=O)N(C)CCc2cccs2)c1N. The first-order valence-electron chi connectivity index (χ1n) is 6.68. The number of rotatable bonds is 5. The Hall–Kier alpha value is -1.37. The van der Waals surface area contributed by atoms with Crippen molar-refractivity contribution in [2.45, 2.75) is 25.2 Å². The van der Waals surface area contributed by atoms with Crippen LogP contribution < -0.4 is 5.73 Å². The number of anilines is 1. The normalized spacial score (nSPS) is 12.0. The molecular weight excluding hydrogens is 304 g/mol. The van der Waals surface area contributed by atoms with Crippen molar-refractivity contribution in [1.82, 2.24) is 4.31 Å². The van der Waals surface area contributed by atoms with E-state index < -0.39 is 10.0 Å². The molecule has 2 aromatic rings. The topological polar surface area (TPSA) is 63.4 Å². The van der Waals surface area contributed by atoms with Gasteiger partial charge in [-0.1, -0.05) is 18.2 Å². The number of hydrogen-bond donors (Lipinski definition) is 1. The van der Waals surface area contributed by atoms with Crippen LogP contribution in [0.25, 0.3) is 0 Å². The van der Waals surface area contributed by atoms with Crippen LogP contribution in [0.5, 0.6) is 0 Å². The number of hydrogen-bond acceptors (Lipinski definition) is 4. The van der Waals surface area contributed by atoms with E-state index in [0.29, 0.717) is 24.2 Å². The minimum absolute atomic E-state index is 0.233. The summed E-state index contributed by atoms with van der Waals surface area (Å²) in [5, 5.41) is 1.99. The second-order valence-corrected chi connectivity index (χ2v) is 8.11. The van der Waals surface area contributed by atoms with Crippen molar-refractivity contribution >= 4 is 27.0 Å². The lowest BCUT2D eigenvalue weighted by atomic mass is 10.1. The molecule has 2 N–H and O–H groups in total. The first-order chi connectivity index (χ1) is 9.84. The summed E-state index contributed by atoms with van der Waals surface area (Å²) in [7, 11) is -1.96. The van der Waals surface area contributed by atoms with E-state index in [-0.39, 0.29) is 4.90 Å². The molecule has 0 spiro atoms. The molecule has 0 aliphatic carbocycles. The lowest BCUT2D eigenvalue weighted by molar-refractivity contribution is 0.473. The molecule has 1 heterocycles. The van der Waals surface area contributed by atoms with E-state index in [9.17, 15) is 8.42 Å². The number of nitrogens with zero attached hydrogens (tertiary/aromatic N) is 1. The predicted octanol–water partition coefficient (Wildman–Crippen LogP) is 2.81. The molecule has 0 saturated heterocycles. The van der Waals surface area contributed by atoms with Gasteiger partial charge in [-0.25, -0.2) is 12.7 Å². The zero-order valence-corrected chi connectivity index (χ0v) is 14.1. The molecule has 0 fully saturated rings. The summed E-state index contributed by atoms with van der Waals surface area (Å²) in [6.07, 6.45) is 0.707. The molecule has 2 rings (SSSR count). The molecule has 0 saturated carbocycles. The molecule has 114 valence electrons. The Kier molecular flexibility index (Phi) is 4.70. The van der Waals surface area contributed by atoms with E-state index in [1.165, 1.54) is 9.18 Å².